The second kappa shape index (κ2) is 7.25. The minimum Gasteiger partial charge on any atom is -0.392 e. The molecule has 0 bridgehead atoms. The number of nitrogens with two attached hydrogens (primary N) is 1. The third-order valence-electron chi connectivity index (χ3n) is 2.53. The molecule has 2 atom stereocenters. The number of methoxy groups -OCH3 is 1. The van der Waals surface area contributed by atoms with E-state index in [9.17, 15) is 8.42 Å². The van der Waals surface area contributed by atoms with Crippen molar-refractivity contribution in [1.82, 2.24) is 4.72 Å². The van der Waals surface area contributed by atoms with Gasteiger partial charge < -0.3 is 10.5 Å². The molecule has 3 N–H and O–H groups in total. The lowest BCUT2D eigenvalue weighted by molar-refractivity contribution is 0.157. The summed E-state index contributed by atoms with van der Waals surface area (Å²) in [5, 5.41) is -0.824. The first kappa shape index (κ1) is 16.8. The highest BCUT2D eigenvalue weighted by atomic mass is 32.2. The Morgan fingerprint density at radius 1 is 1.47 bits per heavy atom. The van der Waals surface area contributed by atoms with Gasteiger partial charge in [0.1, 0.15) is 5.25 Å². The van der Waals surface area contributed by atoms with Gasteiger partial charge in [0.25, 0.3) is 0 Å². The number of nitrogens with one attached hydrogen (secondary N) is 1. The summed E-state index contributed by atoms with van der Waals surface area (Å²) in [6, 6.07) is -0.270. The molecule has 5 nitrogen and oxygen atoms in total. The molecule has 0 radical (unpaired) electrons. The maximum atomic E-state index is 12.1. The molecule has 0 rings (SSSR count). The minimum atomic E-state index is -3.53. The largest absolute Gasteiger partial charge is 0.392 e. The third-order valence-corrected chi connectivity index (χ3v) is 4.93. The van der Waals surface area contributed by atoms with Gasteiger partial charge in [-0.1, -0.05) is 33.0 Å². The van der Waals surface area contributed by atoms with Crippen LogP contribution in [0.4, 0.5) is 0 Å². The number of thiocarbonyl (C=S) groups is 1. The highest BCUT2D eigenvalue weighted by molar-refractivity contribution is 7.93. The van der Waals surface area contributed by atoms with E-state index in [1.807, 2.05) is 13.8 Å². The van der Waals surface area contributed by atoms with Gasteiger partial charge in [0, 0.05) is 13.2 Å². The Morgan fingerprint density at radius 2 is 2.00 bits per heavy atom. The van der Waals surface area contributed by atoms with E-state index in [-0.39, 0.29) is 16.9 Å². The average molecular weight is 282 g/mol. The zero-order chi connectivity index (χ0) is 13.6. The van der Waals surface area contributed by atoms with Crippen LogP contribution in [0.25, 0.3) is 0 Å². The first-order chi connectivity index (χ1) is 7.76. The van der Waals surface area contributed by atoms with E-state index < -0.39 is 15.3 Å². The van der Waals surface area contributed by atoms with Gasteiger partial charge in [-0.15, -0.1) is 0 Å². The van der Waals surface area contributed by atoms with E-state index in [1.54, 1.807) is 6.92 Å². The van der Waals surface area contributed by atoms with Crippen molar-refractivity contribution >= 4 is 27.2 Å². The van der Waals surface area contributed by atoms with Crippen molar-refractivity contribution in [3.05, 3.63) is 0 Å². The monoisotopic (exact) mass is 282 g/mol. The van der Waals surface area contributed by atoms with Crippen LogP contribution in [0.2, 0.25) is 0 Å². The molecular formula is C10H22N2O3S2. The summed E-state index contributed by atoms with van der Waals surface area (Å²) in [5.74, 6) is 0.133. The second-order valence-electron chi connectivity index (χ2n) is 4.27. The normalized spacial score (nSPS) is 15.8. The van der Waals surface area contributed by atoms with Gasteiger partial charge in [0.15, 0.2) is 0 Å². The molecule has 0 heterocycles. The molecule has 2 unspecified atom stereocenters. The molecule has 17 heavy (non-hydrogen) atoms. The molecule has 0 aliphatic heterocycles. The second-order valence-corrected chi connectivity index (χ2v) is 6.63. The molecule has 0 spiro atoms. The number of rotatable bonds is 8. The molecule has 0 fully saturated rings. The Hall–Kier alpha value is -0.240. The molecule has 0 aliphatic carbocycles. The smallest absolute Gasteiger partial charge is 0.221 e. The predicted octanol–water partition coefficient (Wildman–Crippen LogP) is 0.642. The summed E-state index contributed by atoms with van der Waals surface area (Å²) in [4.78, 5) is -0.0000713. The van der Waals surface area contributed by atoms with Crippen LogP contribution in [0.5, 0.6) is 0 Å². The van der Waals surface area contributed by atoms with Crippen molar-refractivity contribution in [2.75, 3.05) is 13.7 Å². The van der Waals surface area contributed by atoms with Gasteiger partial charge >= 0.3 is 0 Å². The third kappa shape index (κ3) is 5.29. The lowest BCUT2D eigenvalue weighted by atomic mass is 10.1. The summed E-state index contributed by atoms with van der Waals surface area (Å²) in [6.45, 7) is 5.91. The van der Waals surface area contributed by atoms with Gasteiger partial charge in [0.05, 0.1) is 11.6 Å². The Labute approximate surface area is 109 Å². The summed E-state index contributed by atoms with van der Waals surface area (Å²) in [5.41, 5.74) is 5.44. The standard InChI is InChI=1S/C10H22N2O3S2/c1-5-9(10(11)16)17(13,14)12-8(6-15-4)7(2)3/h7-9,12H,5-6H2,1-4H3,(H2,11,16). The quantitative estimate of drug-likeness (QED) is 0.639. The number of sulfonamides is 1. The molecule has 0 aliphatic rings. The summed E-state index contributed by atoms with van der Waals surface area (Å²) in [7, 11) is -2.00. The molecular weight excluding hydrogens is 260 g/mol. The maximum absolute atomic E-state index is 12.1. The Bertz CT molecular complexity index is 341. The fourth-order valence-electron chi connectivity index (χ4n) is 1.41. The van der Waals surface area contributed by atoms with E-state index in [0.717, 1.165) is 0 Å². The van der Waals surface area contributed by atoms with Gasteiger partial charge in [-0.25, -0.2) is 13.1 Å². The minimum absolute atomic E-state index is 0.0000713. The zero-order valence-corrected chi connectivity index (χ0v) is 12.4. The van der Waals surface area contributed by atoms with Gasteiger partial charge in [-0.05, 0) is 12.3 Å². The fraction of sp³-hybridized carbons (Fsp3) is 0.900. The van der Waals surface area contributed by atoms with E-state index >= 15 is 0 Å². The van der Waals surface area contributed by atoms with Crippen molar-refractivity contribution in [1.29, 1.82) is 0 Å². The molecule has 0 aromatic heterocycles. The number of hydrogen-bond acceptors (Lipinski definition) is 4. The molecule has 0 aromatic carbocycles. The maximum Gasteiger partial charge on any atom is 0.221 e. The van der Waals surface area contributed by atoms with Gasteiger partial charge in [0.2, 0.25) is 10.0 Å². The van der Waals surface area contributed by atoms with Crippen LogP contribution in [-0.4, -0.2) is 38.4 Å². The SMILES string of the molecule is CCC(C(N)=S)S(=O)(=O)NC(COC)C(C)C. The number of ether oxygens (including phenoxy) is 1. The lowest BCUT2D eigenvalue weighted by Crippen LogP contribution is -2.48. The van der Waals surface area contributed by atoms with Crippen molar-refractivity contribution in [3.8, 4) is 0 Å². The molecule has 0 amide bonds. The van der Waals surface area contributed by atoms with E-state index in [2.05, 4.69) is 4.72 Å². The molecule has 0 saturated carbocycles. The van der Waals surface area contributed by atoms with Crippen molar-refractivity contribution in [3.63, 3.8) is 0 Å². The van der Waals surface area contributed by atoms with Gasteiger partial charge in [-0.3, -0.25) is 0 Å². The zero-order valence-electron chi connectivity index (χ0n) is 10.8. The average Bonchev–Trinajstić information content (AvgIpc) is 2.16. The van der Waals surface area contributed by atoms with E-state index in [1.165, 1.54) is 7.11 Å². The van der Waals surface area contributed by atoms with Gasteiger partial charge in [-0.2, -0.15) is 0 Å². The summed E-state index contributed by atoms with van der Waals surface area (Å²) >= 11 is 4.77. The first-order valence-electron chi connectivity index (χ1n) is 5.55. The number of hydrogen-bond donors (Lipinski definition) is 2. The summed E-state index contributed by atoms with van der Waals surface area (Å²) < 4.78 is 31.7. The van der Waals surface area contributed by atoms with Crippen LogP contribution in [-0.2, 0) is 14.8 Å². The highest BCUT2D eigenvalue weighted by Gasteiger charge is 2.29. The molecule has 102 valence electrons. The highest BCUT2D eigenvalue weighted by Crippen LogP contribution is 2.10. The molecule has 7 heteroatoms. The van der Waals surface area contributed by atoms with Crippen molar-refractivity contribution in [2.24, 2.45) is 11.7 Å². The predicted molar refractivity (Wildman–Crippen MR) is 73.4 cm³/mol. The van der Waals surface area contributed by atoms with Crippen LogP contribution in [0.1, 0.15) is 27.2 Å². The Morgan fingerprint density at radius 3 is 2.29 bits per heavy atom. The van der Waals surface area contributed by atoms with E-state index in [0.29, 0.717) is 13.0 Å². The van der Waals surface area contributed by atoms with Crippen LogP contribution >= 0.6 is 12.2 Å². The Kier molecular flexibility index (Phi) is 7.15. The van der Waals surface area contributed by atoms with Crippen LogP contribution in [0, 0.1) is 5.92 Å². The van der Waals surface area contributed by atoms with Crippen molar-refractivity contribution < 1.29 is 13.2 Å². The molecule has 0 aromatic rings. The van der Waals surface area contributed by atoms with Crippen LogP contribution in [0.15, 0.2) is 0 Å². The molecule has 0 saturated heterocycles. The lowest BCUT2D eigenvalue weighted by Gasteiger charge is -2.24. The summed E-state index contributed by atoms with van der Waals surface area (Å²) in [6.07, 6.45) is 0.364. The topological polar surface area (TPSA) is 81.4 Å². The van der Waals surface area contributed by atoms with Crippen LogP contribution < -0.4 is 10.5 Å². The van der Waals surface area contributed by atoms with E-state index in [4.69, 9.17) is 22.7 Å². The van der Waals surface area contributed by atoms with Crippen LogP contribution in [0.3, 0.4) is 0 Å². The fourth-order valence-corrected chi connectivity index (χ4v) is 3.63. The van der Waals surface area contributed by atoms with Crippen molar-refractivity contribution in [2.45, 2.75) is 38.5 Å². The Balaban J connectivity index is 4.88. The first-order valence-corrected chi connectivity index (χ1v) is 7.51.